The Balaban J connectivity index is 1.57. The summed E-state index contributed by atoms with van der Waals surface area (Å²) in [6.07, 6.45) is 0.552. The van der Waals surface area contributed by atoms with Gasteiger partial charge in [0.05, 0.1) is 28.7 Å². The number of anilines is 1. The first-order valence-electron chi connectivity index (χ1n) is 9.56. The Kier molecular flexibility index (Phi) is 7.04. The highest BCUT2D eigenvalue weighted by atomic mass is 32.2. The Hall–Kier alpha value is -2.52. The maximum absolute atomic E-state index is 12.7. The SMILES string of the molecule is CC[C@H]1Sc2ccc(S(=O)(=O)CCC(=O)NCc3ccc(OC)cc3)cc2NC1=O. The molecule has 0 aliphatic carbocycles. The summed E-state index contributed by atoms with van der Waals surface area (Å²) in [5.41, 5.74) is 1.39. The predicted octanol–water partition coefficient (Wildman–Crippen LogP) is 3.00. The second-order valence-electron chi connectivity index (χ2n) is 6.86. The number of nitrogens with one attached hydrogen (secondary N) is 2. The molecule has 1 aliphatic heterocycles. The van der Waals surface area contributed by atoms with Crippen LogP contribution < -0.4 is 15.4 Å². The smallest absolute Gasteiger partial charge is 0.237 e. The molecule has 0 radical (unpaired) electrons. The largest absolute Gasteiger partial charge is 0.497 e. The van der Waals surface area contributed by atoms with Crippen molar-refractivity contribution in [1.82, 2.24) is 5.32 Å². The molecule has 0 saturated heterocycles. The third-order valence-corrected chi connectivity index (χ3v) is 7.90. The third-order valence-electron chi connectivity index (χ3n) is 4.75. The third kappa shape index (κ3) is 5.34. The minimum absolute atomic E-state index is 0.0973. The Bertz CT molecular complexity index is 1040. The zero-order valence-corrected chi connectivity index (χ0v) is 18.4. The number of carbonyl (C=O) groups excluding carboxylic acids is 2. The first kappa shape index (κ1) is 22.2. The second-order valence-corrected chi connectivity index (χ2v) is 10.2. The lowest BCUT2D eigenvalue weighted by atomic mass is 10.2. The molecule has 1 heterocycles. The lowest BCUT2D eigenvalue weighted by Gasteiger charge is -2.23. The highest BCUT2D eigenvalue weighted by Crippen LogP contribution is 2.38. The van der Waals surface area contributed by atoms with Gasteiger partial charge in [0.15, 0.2) is 9.84 Å². The van der Waals surface area contributed by atoms with E-state index in [1.807, 2.05) is 19.1 Å². The lowest BCUT2D eigenvalue weighted by molar-refractivity contribution is -0.121. The van der Waals surface area contributed by atoms with Crippen molar-refractivity contribution in [1.29, 1.82) is 0 Å². The molecule has 3 rings (SSSR count). The van der Waals surface area contributed by atoms with Gasteiger partial charge in [-0.15, -0.1) is 11.8 Å². The van der Waals surface area contributed by atoms with E-state index in [2.05, 4.69) is 10.6 Å². The molecular formula is C21H24N2O5S2. The Morgan fingerprint density at radius 1 is 1.20 bits per heavy atom. The summed E-state index contributed by atoms with van der Waals surface area (Å²) in [6.45, 7) is 2.24. The van der Waals surface area contributed by atoms with Gasteiger partial charge in [0.25, 0.3) is 0 Å². The summed E-state index contributed by atoms with van der Waals surface area (Å²) in [5.74, 6) is -0.0516. The van der Waals surface area contributed by atoms with Crippen LogP contribution in [0.25, 0.3) is 0 Å². The summed E-state index contributed by atoms with van der Waals surface area (Å²) >= 11 is 1.43. The van der Waals surface area contributed by atoms with Gasteiger partial charge in [-0.25, -0.2) is 8.42 Å². The molecule has 2 aromatic carbocycles. The Morgan fingerprint density at radius 2 is 1.93 bits per heavy atom. The average Bonchev–Trinajstić information content (AvgIpc) is 2.75. The minimum Gasteiger partial charge on any atom is -0.497 e. The molecule has 0 aromatic heterocycles. The zero-order valence-electron chi connectivity index (χ0n) is 16.8. The van der Waals surface area contributed by atoms with Crippen molar-refractivity contribution in [2.75, 3.05) is 18.2 Å². The predicted molar refractivity (Wildman–Crippen MR) is 117 cm³/mol. The molecule has 0 saturated carbocycles. The van der Waals surface area contributed by atoms with Crippen molar-refractivity contribution in [3.05, 3.63) is 48.0 Å². The van der Waals surface area contributed by atoms with Crippen molar-refractivity contribution < 1.29 is 22.7 Å². The van der Waals surface area contributed by atoms with E-state index in [-0.39, 0.29) is 34.1 Å². The van der Waals surface area contributed by atoms with Gasteiger partial charge in [-0.05, 0) is 42.3 Å². The lowest BCUT2D eigenvalue weighted by Crippen LogP contribution is -2.28. The summed E-state index contributed by atoms with van der Waals surface area (Å²) in [5, 5.41) is 5.32. The molecule has 30 heavy (non-hydrogen) atoms. The van der Waals surface area contributed by atoms with Crippen LogP contribution in [0.2, 0.25) is 0 Å². The highest BCUT2D eigenvalue weighted by Gasteiger charge is 2.27. The highest BCUT2D eigenvalue weighted by molar-refractivity contribution is 8.01. The van der Waals surface area contributed by atoms with Crippen molar-refractivity contribution in [2.24, 2.45) is 0 Å². The zero-order chi connectivity index (χ0) is 21.7. The molecule has 2 amide bonds. The van der Waals surface area contributed by atoms with Crippen LogP contribution in [0.15, 0.2) is 52.3 Å². The van der Waals surface area contributed by atoms with Crippen LogP contribution in [0.3, 0.4) is 0 Å². The molecule has 1 aliphatic rings. The van der Waals surface area contributed by atoms with Gasteiger partial charge in [0.2, 0.25) is 11.8 Å². The first-order valence-corrected chi connectivity index (χ1v) is 12.1. The van der Waals surface area contributed by atoms with Gasteiger partial charge < -0.3 is 15.4 Å². The topological polar surface area (TPSA) is 102 Å². The van der Waals surface area contributed by atoms with Crippen LogP contribution in [0, 0.1) is 0 Å². The van der Waals surface area contributed by atoms with E-state index in [4.69, 9.17) is 4.74 Å². The van der Waals surface area contributed by atoms with Gasteiger partial charge in [-0.1, -0.05) is 19.1 Å². The number of sulfone groups is 1. The summed E-state index contributed by atoms with van der Waals surface area (Å²) < 4.78 is 30.4. The maximum atomic E-state index is 12.7. The van der Waals surface area contributed by atoms with Gasteiger partial charge in [-0.3, -0.25) is 9.59 Å². The van der Waals surface area contributed by atoms with E-state index in [1.165, 1.54) is 23.9 Å². The molecule has 0 fully saturated rings. The van der Waals surface area contributed by atoms with Crippen molar-refractivity contribution in [3.8, 4) is 5.75 Å². The Labute approximate surface area is 180 Å². The van der Waals surface area contributed by atoms with E-state index >= 15 is 0 Å². The van der Waals surface area contributed by atoms with Crippen LogP contribution in [0.5, 0.6) is 5.75 Å². The fraction of sp³-hybridized carbons (Fsp3) is 0.333. The van der Waals surface area contributed by atoms with E-state index in [0.29, 0.717) is 18.7 Å². The van der Waals surface area contributed by atoms with Crippen LogP contribution in [-0.2, 0) is 26.0 Å². The van der Waals surface area contributed by atoms with Crippen LogP contribution in [0.1, 0.15) is 25.3 Å². The van der Waals surface area contributed by atoms with E-state index in [0.717, 1.165) is 16.2 Å². The van der Waals surface area contributed by atoms with E-state index in [1.54, 1.807) is 25.3 Å². The fourth-order valence-corrected chi connectivity index (χ4v) is 5.25. The monoisotopic (exact) mass is 448 g/mol. The molecule has 0 spiro atoms. The molecule has 1 atom stereocenters. The van der Waals surface area contributed by atoms with E-state index < -0.39 is 9.84 Å². The minimum atomic E-state index is -3.66. The quantitative estimate of drug-likeness (QED) is 0.644. The van der Waals surface area contributed by atoms with Crippen molar-refractivity contribution in [2.45, 2.75) is 41.4 Å². The molecule has 2 N–H and O–H groups in total. The average molecular weight is 449 g/mol. The van der Waals surface area contributed by atoms with Crippen molar-refractivity contribution in [3.63, 3.8) is 0 Å². The number of benzene rings is 2. The first-order chi connectivity index (χ1) is 14.3. The molecular weight excluding hydrogens is 424 g/mol. The van der Waals surface area contributed by atoms with Crippen LogP contribution >= 0.6 is 11.8 Å². The van der Waals surface area contributed by atoms with Crippen LogP contribution in [-0.4, -0.2) is 38.3 Å². The number of hydrogen-bond acceptors (Lipinski definition) is 6. The number of rotatable bonds is 8. The number of ether oxygens (including phenoxy) is 1. The van der Waals surface area contributed by atoms with Crippen molar-refractivity contribution >= 4 is 39.1 Å². The molecule has 160 valence electrons. The maximum Gasteiger partial charge on any atom is 0.237 e. The number of thioether (sulfide) groups is 1. The molecule has 0 bridgehead atoms. The Morgan fingerprint density at radius 3 is 2.60 bits per heavy atom. The van der Waals surface area contributed by atoms with Gasteiger partial charge in [0, 0.05) is 17.9 Å². The number of carbonyl (C=O) groups is 2. The number of hydrogen-bond donors (Lipinski definition) is 2. The fourth-order valence-electron chi connectivity index (χ4n) is 2.97. The number of fused-ring (bicyclic) bond motifs is 1. The van der Waals surface area contributed by atoms with Gasteiger partial charge in [0.1, 0.15) is 5.75 Å². The summed E-state index contributed by atoms with van der Waals surface area (Å²) in [4.78, 5) is 25.1. The second kappa shape index (κ2) is 9.53. The summed E-state index contributed by atoms with van der Waals surface area (Å²) in [7, 11) is -2.08. The number of amides is 2. The van der Waals surface area contributed by atoms with Gasteiger partial charge >= 0.3 is 0 Å². The van der Waals surface area contributed by atoms with E-state index in [9.17, 15) is 18.0 Å². The molecule has 9 heteroatoms. The number of methoxy groups -OCH3 is 1. The van der Waals surface area contributed by atoms with Crippen LogP contribution in [0.4, 0.5) is 5.69 Å². The normalized spacial score (nSPS) is 15.8. The summed E-state index contributed by atoms with van der Waals surface area (Å²) in [6, 6.07) is 12.0. The molecule has 7 nitrogen and oxygen atoms in total. The van der Waals surface area contributed by atoms with Gasteiger partial charge in [-0.2, -0.15) is 0 Å². The molecule has 2 aromatic rings. The standard InChI is InChI=1S/C21H24N2O5S2/c1-3-18-21(25)23-17-12-16(8-9-19(17)29-18)30(26,27)11-10-20(24)22-13-14-4-6-15(28-2)7-5-14/h4-9,12,18H,3,10-11,13H2,1-2H3,(H,22,24)(H,23,25)/t18-/m1/s1. The molecule has 0 unspecified atom stereocenters.